The minimum atomic E-state index is -0.170. The van der Waals surface area contributed by atoms with Crippen LogP contribution in [-0.4, -0.2) is 36.7 Å². The second kappa shape index (κ2) is 8.12. The predicted molar refractivity (Wildman–Crippen MR) is 61.7 cm³/mol. The first-order chi connectivity index (χ1) is 6.61. The SMILES string of the molecule is CCCSCC(NC(C)C)C(=O)OC. The van der Waals surface area contributed by atoms with E-state index in [1.54, 1.807) is 11.8 Å². The molecular formula is C10H21NO2S. The van der Waals surface area contributed by atoms with Gasteiger partial charge in [0.05, 0.1) is 7.11 Å². The molecule has 0 saturated heterocycles. The van der Waals surface area contributed by atoms with E-state index in [-0.39, 0.29) is 12.0 Å². The summed E-state index contributed by atoms with van der Waals surface area (Å²) in [5.41, 5.74) is 0. The normalized spacial score (nSPS) is 12.9. The number of thioether (sulfide) groups is 1. The molecule has 84 valence electrons. The molecule has 3 nitrogen and oxygen atoms in total. The summed E-state index contributed by atoms with van der Waals surface area (Å²) in [5.74, 6) is 1.72. The van der Waals surface area contributed by atoms with Gasteiger partial charge in [-0.15, -0.1) is 0 Å². The van der Waals surface area contributed by atoms with Crippen LogP contribution in [0.4, 0.5) is 0 Å². The molecule has 1 unspecified atom stereocenters. The van der Waals surface area contributed by atoms with Crippen molar-refractivity contribution in [3.8, 4) is 0 Å². The van der Waals surface area contributed by atoms with Crippen LogP contribution in [0, 0.1) is 0 Å². The standard InChI is InChI=1S/C10H21NO2S/c1-5-6-14-7-9(10(12)13-4)11-8(2)3/h8-9,11H,5-7H2,1-4H3. The third-order valence-corrected chi connectivity index (χ3v) is 2.92. The Morgan fingerprint density at radius 3 is 2.57 bits per heavy atom. The number of rotatable bonds is 7. The maximum Gasteiger partial charge on any atom is 0.323 e. The van der Waals surface area contributed by atoms with E-state index in [0.29, 0.717) is 6.04 Å². The molecule has 0 rings (SSSR count). The molecular weight excluding hydrogens is 198 g/mol. The Labute approximate surface area is 91.0 Å². The summed E-state index contributed by atoms with van der Waals surface area (Å²) in [6, 6.07) is 0.137. The number of ether oxygens (including phenoxy) is 1. The Kier molecular flexibility index (Phi) is 7.99. The van der Waals surface area contributed by atoms with E-state index in [9.17, 15) is 4.79 Å². The van der Waals surface area contributed by atoms with Gasteiger partial charge in [0.2, 0.25) is 0 Å². The van der Waals surface area contributed by atoms with E-state index >= 15 is 0 Å². The fourth-order valence-electron chi connectivity index (χ4n) is 1.07. The summed E-state index contributed by atoms with van der Waals surface area (Å²) < 4.78 is 4.73. The Balaban J connectivity index is 3.91. The summed E-state index contributed by atoms with van der Waals surface area (Å²) >= 11 is 1.78. The molecule has 0 aromatic carbocycles. The number of methoxy groups -OCH3 is 1. The molecule has 0 fully saturated rings. The molecule has 0 aliphatic heterocycles. The van der Waals surface area contributed by atoms with E-state index in [2.05, 4.69) is 12.2 Å². The number of nitrogens with one attached hydrogen (secondary N) is 1. The van der Waals surface area contributed by atoms with Crippen LogP contribution in [0.5, 0.6) is 0 Å². The van der Waals surface area contributed by atoms with Gasteiger partial charge in [0.1, 0.15) is 6.04 Å². The first-order valence-electron chi connectivity index (χ1n) is 5.03. The molecule has 0 spiro atoms. The van der Waals surface area contributed by atoms with Gasteiger partial charge >= 0.3 is 5.97 Å². The van der Waals surface area contributed by atoms with Gasteiger partial charge in [0.25, 0.3) is 0 Å². The van der Waals surface area contributed by atoms with Crippen molar-refractivity contribution < 1.29 is 9.53 Å². The lowest BCUT2D eigenvalue weighted by Gasteiger charge is -2.18. The van der Waals surface area contributed by atoms with E-state index in [1.165, 1.54) is 7.11 Å². The van der Waals surface area contributed by atoms with Crippen LogP contribution in [-0.2, 0) is 9.53 Å². The maximum absolute atomic E-state index is 11.3. The van der Waals surface area contributed by atoms with Gasteiger partial charge in [-0.25, -0.2) is 0 Å². The van der Waals surface area contributed by atoms with Gasteiger partial charge in [-0.2, -0.15) is 11.8 Å². The van der Waals surface area contributed by atoms with Crippen LogP contribution in [0.25, 0.3) is 0 Å². The Hall–Kier alpha value is -0.220. The number of esters is 1. The molecule has 0 aliphatic rings. The van der Waals surface area contributed by atoms with Crippen molar-refractivity contribution in [3.63, 3.8) is 0 Å². The summed E-state index contributed by atoms with van der Waals surface area (Å²) in [7, 11) is 1.43. The van der Waals surface area contributed by atoms with Gasteiger partial charge in [-0.1, -0.05) is 20.8 Å². The molecule has 0 amide bonds. The molecule has 0 aromatic heterocycles. The molecule has 1 atom stereocenters. The zero-order valence-corrected chi connectivity index (χ0v) is 10.3. The summed E-state index contributed by atoms with van der Waals surface area (Å²) in [4.78, 5) is 11.3. The van der Waals surface area contributed by atoms with Gasteiger partial charge in [-0.05, 0) is 12.2 Å². The lowest BCUT2D eigenvalue weighted by atomic mass is 10.3. The Morgan fingerprint density at radius 1 is 1.50 bits per heavy atom. The van der Waals surface area contributed by atoms with Crippen LogP contribution in [0.2, 0.25) is 0 Å². The topological polar surface area (TPSA) is 38.3 Å². The van der Waals surface area contributed by atoms with Crippen molar-refractivity contribution in [3.05, 3.63) is 0 Å². The van der Waals surface area contributed by atoms with Crippen LogP contribution in [0.3, 0.4) is 0 Å². The highest BCUT2D eigenvalue weighted by Gasteiger charge is 2.19. The van der Waals surface area contributed by atoms with Crippen molar-refractivity contribution in [2.75, 3.05) is 18.6 Å². The average Bonchev–Trinajstić information content (AvgIpc) is 2.15. The molecule has 0 aliphatic carbocycles. The van der Waals surface area contributed by atoms with Crippen molar-refractivity contribution in [1.29, 1.82) is 0 Å². The molecule has 0 aromatic rings. The van der Waals surface area contributed by atoms with E-state index in [0.717, 1.165) is 17.9 Å². The van der Waals surface area contributed by atoms with Crippen molar-refractivity contribution in [2.24, 2.45) is 0 Å². The molecule has 0 saturated carbocycles. The third kappa shape index (κ3) is 6.27. The Bertz CT molecular complexity index is 162. The molecule has 0 heterocycles. The average molecular weight is 219 g/mol. The lowest BCUT2D eigenvalue weighted by Crippen LogP contribution is -2.43. The largest absolute Gasteiger partial charge is 0.468 e. The molecule has 0 radical (unpaired) electrons. The van der Waals surface area contributed by atoms with Gasteiger partial charge in [0, 0.05) is 11.8 Å². The smallest absolute Gasteiger partial charge is 0.323 e. The van der Waals surface area contributed by atoms with E-state index in [1.807, 2.05) is 13.8 Å². The van der Waals surface area contributed by atoms with Crippen LogP contribution < -0.4 is 5.32 Å². The number of carbonyl (C=O) groups is 1. The molecule has 14 heavy (non-hydrogen) atoms. The fraction of sp³-hybridized carbons (Fsp3) is 0.900. The minimum Gasteiger partial charge on any atom is -0.468 e. The lowest BCUT2D eigenvalue weighted by molar-refractivity contribution is -0.142. The third-order valence-electron chi connectivity index (χ3n) is 1.65. The van der Waals surface area contributed by atoms with Crippen molar-refractivity contribution in [1.82, 2.24) is 5.32 Å². The Morgan fingerprint density at radius 2 is 2.14 bits per heavy atom. The fourth-order valence-corrected chi connectivity index (χ4v) is 2.00. The second-order valence-electron chi connectivity index (χ2n) is 3.47. The predicted octanol–water partition coefficient (Wildman–Crippen LogP) is 1.67. The van der Waals surface area contributed by atoms with Crippen LogP contribution in [0.15, 0.2) is 0 Å². The van der Waals surface area contributed by atoms with Gasteiger partial charge < -0.3 is 10.1 Å². The zero-order valence-electron chi connectivity index (χ0n) is 9.50. The highest BCUT2D eigenvalue weighted by atomic mass is 32.2. The number of hydrogen-bond acceptors (Lipinski definition) is 4. The second-order valence-corrected chi connectivity index (χ2v) is 4.62. The van der Waals surface area contributed by atoms with Crippen LogP contribution in [0.1, 0.15) is 27.2 Å². The minimum absolute atomic E-state index is 0.165. The number of carbonyl (C=O) groups excluding carboxylic acids is 1. The number of hydrogen-bond donors (Lipinski definition) is 1. The van der Waals surface area contributed by atoms with Gasteiger partial charge in [-0.3, -0.25) is 4.79 Å². The first-order valence-corrected chi connectivity index (χ1v) is 6.18. The highest BCUT2D eigenvalue weighted by Crippen LogP contribution is 2.06. The molecule has 4 heteroatoms. The maximum atomic E-state index is 11.3. The van der Waals surface area contributed by atoms with E-state index < -0.39 is 0 Å². The van der Waals surface area contributed by atoms with Crippen LogP contribution >= 0.6 is 11.8 Å². The molecule has 0 bridgehead atoms. The first kappa shape index (κ1) is 13.8. The summed E-state index contributed by atoms with van der Waals surface area (Å²) in [5, 5.41) is 3.19. The molecule has 1 N–H and O–H groups in total. The quantitative estimate of drug-likeness (QED) is 0.522. The monoisotopic (exact) mass is 219 g/mol. The summed E-state index contributed by atoms with van der Waals surface area (Å²) in [6.45, 7) is 6.19. The van der Waals surface area contributed by atoms with E-state index in [4.69, 9.17) is 4.74 Å². The highest BCUT2D eigenvalue weighted by molar-refractivity contribution is 7.99. The van der Waals surface area contributed by atoms with Crippen molar-refractivity contribution >= 4 is 17.7 Å². The zero-order chi connectivity index (χ0) is 11.0. The van der Waals surface area contributed by atoms with Gasteiger partial charge in [0.15, 0.2) is 0 Å². The van der Waals surface area contributed by atoms with Crippen molar-refractivity contribution in [2.45, 2.75) is 39.3 Å². The summed E-state index contributed by atoms with van der Waals surface area (Å²) in [6.07, 6.45) is 1.14.